The Morgan fingerprint density at radius 1 is 1.62 bits per heavy atom. The first-order valence-corrected chi connectivity index (χ1v) is 4.72. The molecule has 0 aromatic heterocycles. The molecule has 0 spiro atoms. The quantitative estimate of drug-likeness (QED) is 0.672. The van der Waals surface area contributed by atoms with Crippen molar-refractivity contribution in [2.75, 3.05) is 7.11 Å². The summed E-state index contributed by atoms with van der Waals surface area (Å²) in [4.78, 5) is 4.63. The van der Waals surface area contributed by atoms with E-state index in [0.717, 1.165) is 0 Å². The molecular formula is C8H8BrClFNO. The maximum Gasteiger partial charge on any atom is 0.156 e. The average Bonchev–Trinajstić information content (AvgIpc) is 2.13. The topological polar surface area (TPSA) is 21.3 Å². The molecule has 1 N–H and O–H groups in total. The van der Waals surface area contributed by atoms with Crippen LogP contribution >= 0.6 is 27.5 Å². The van der Waals surface area contributed by atoms with Crippen molar-refractivity contribution in [2.24, 2.45) is 0 Å². The Bertz CT molecular complexity index is 308. The summed E-state index contributed by atoms with van der Waals surface area (Å²) in [7, 11) is 1.49. The highest BCUT2D eigenvalue weighted by Crippen LogP contribution is 2.26. The third-order valence-electron chi connectivity index (χ3n) is 1.52. The van der Waals surface area contributed by atoms with E-state index in [-0.39, 0.29) is 5.02 Å². The first-order valence-electron chi connectivity index (χ1n) is 3.55. The van der Waals surface area contributed by atoms with Crippen molar-refractivity contribution >= 4 is 27.5 Å². The lowest BCUT2D eigenvalue weighted by molar-refractivity contribution is 0.0867. The van der Waals surface area contributed by atoms with Gasteiger partial charge in [-0.2, -0.15) is 5.48 Å². The molecule has 0 aliphatic heterocycles. The SMILES string of the molecule is CONCc1ccc(Br)c(F)c1Cl. The zero-order valence-electron chi connectivity index (χ0n) is 6.90. The second kappa shape index (κ2) is 4.91. The number of hydroxylamine groups is 1. The van der Waals surface area contributed by atoms with Gasteiger partial charge in [0.25, 0.3) is 0 Å². The minimum absolute atomic E-state index is 0.110. The molecule has 0 bridgehead atoms. The third kappa shape index (κ3) is 2.64. The summed E-state index contributed by atoms with van der Waals surface area (Å²) in [6.45, 7) is 0.375. The molecule has 2 nitrogen and oxygen atoms in total. The van der Waals surface area contributed by atoms with Gasteiger partial charge in [-0.15, -0.1) is 0 Å². The predicted octanol–water partition coefficient (Wildman–Crippen LogP) is 2.89. The highest BCUT2D eigenvalue weighted by Gasteiger charge is 2.08. The summed E-state index contributed by atoms with van der Waals surface area (Å²) in [6.07, 6.45) is 0. The Kier molecular flexibility index (Phi) is 4.12. The fraction of sp³-hybridized carbons (Fsp3) is 0.250. The van der Waals surface area contributed by atoms with Crippen LogP contribution < -0.4 is 5.48 Å². The van der Waals surface area contributed by atoms with Crippen LogP contribution in [0.2, 0.25) is 5.02 Å². The molecule has 1 rings (SSSR count). The van der Waals surface area contributed by atoms with Gasteiger partial charge in [-0.3, -0.25) is 0 Å². The molecule has 0 aliphatic rings. The van der Waals surface area contributed by atoms with Crippen molar-refractivity contribution in [3.05, 3.63) is 33.0 Å². The van der Waals surface area contributed by atoms with Crippen molar-refractivity contribution in [3.8, 4) is 0 Å². The van der Waals surface area contributed by atoms with Crippen LogP contribution in [0.25, 0.3) is 0 Å². The van der Waals surface area contributed by atoms with E-state index < -0.39 is 5.82 Å². The van der Waals surface area contributed by atoms with E-state index in [1.54, 1.807) is 12.1 Å². The summed E-state index contributed by atoms with van der Waals surface area (Å²) in [5, 5.41) is 0.110. The normalized spacial score (nSPS) is 10.5. The van der Waals surface area contributed by atoms with Crippen molar-refractivity contribution in [1.29, 1.82) is 0 Å². The van der Waals surface area contributed by atoms with Crippen LogP contribution in [0, 0.1) is 5.82 Å². The standard InChI is InChI=1S/C8H8BrClFNO/c1-13-12-4-5-2-3-6(9)8(11)7(5)10/h2-3,12H,4H2,1H3. The molecule has 0 saturated heterocycles. The average molecular weight is 269 g/mol. The molecule has 0 aliphatic carbocycles. The summed E-state index contributed by atoms with van der Waals surface area (Å²) in [5.74, 6) is -0.447. The van der Waals surface area contributed by atoms with Crippen LogP contribution in [-0.4, -0.2) is 7.11 Å². The van der Waals surface area contributed by atoms with Crippen molar-refractivity contribution < 1.29 is 9.23 Å². The summed E-state index contributed by atoms with van der Waals surface area (Å²) < 4.78 is 13.5. The zero-order chi connectivity index (χ0) is 9.84. The molecule has 0 saturated carbocycles. The van der Waals surface area contributed by atoms with Gasteiger partial charge in [-0.05, 0) is 27.6 Å². The van der Waals surface area contributed by atoms with Gasteiger partial charge in [0, 0.05) is 6.54 Å². The third-order valence-corrected chi connectivity index (χ3v) is 2.54. The molecule has 0 heterocycles. The molecular weight excluding hydrogens is 260 g/mol. The van der Waals surface area contributed by atoms with E-state index in [2.05, 4.69) is 26.2 Å². The van der Waals surface area contributed by atoms with Gasteiger partial charge in [0.15, 0.2) is 5.82 Å². The molecule has 72 valence electrons. The first kappa shape index (κ1) is 10.9. The number of halogens is 3. The Morgan fingerprint density at radius 2 is 2.31 bits per heavy atom. The second-order valence-electron chi connectivity index (χ2n) is 2.36. The minimum atomic E-state index is -0.447. The molecule has 5 heteroatoms. The molecule has 1 aromatic rings. The van der Waals surface area contributed by atoms with E-state index in [0.29, 0.717) is 16.6 Å². The number of benzene rings is 1. The fourth-order valence-electron chi connectivity index (χ4n) is 0.852. The van der Waals surface area contributed by atoms with Crippen molar-refractivity contribution in [2.45, 2.75) is 6.54 Å². The summed E-state index contributed by atoms with van der Waals surface area (Å²) >= 11 is 8.77. The molecule has 0 radical (unpaired) electrons. The Labute approximate surface area is 89.1 Å². The molecule has 0 atom stereocenters. The van der Waals surface area contributed by atoms with E-state index in [1.165, 1.54) is 7.11 Å². The monoisotopic (exact) mass is 267 g/mol. The van der Waals surface area contributed by atoms with Crippen LogP contribution in [0.3, 0.4) is 0 Å². The Hall–Kier alpha value is -0.160. The first-order chi connectivity index (χ1) is 6.16. The van der Waals surface area contributed by atoms with Gasteiger partial charge in [-0.1, -0.05) is 17.7 Å². The van der Waals surface area contributed by atoms with Gasteiger partial charge in [0.1, 0.15) is 0 Å². The lowest BCUT2D eigenvalue weighted by atomic mass is 10.2. The maximum atomic E-state index is 13.2. The Balaban J connectivity index is 2.90. The lowest BCUT2D eigenvalue weighted by Crippen LogP contribution is -2.11. The molecule has 0 amide bonds. The van der Waals surface area contributed by atoms with Crippen molar-refractivity contribution in [3.63, 3.8) is 0 Å². The lowest BCUT2D eigenvalue weighted by Gasteiger charge is -2.06. The maximum absolute atomic E-state index is 13.2. The van der Waals surface area contributed by atoms with Crippen LogP contribution in [0.4, 0.5) is 4.39 Å². The van der Waals surface area contributed by atoms with Gasteiger partial charge < -0.3 is 4.84 Å². The van der Waals surface area contributed by atoms with E-state index in [4.69, 9.17) is 11.6 Å². The number of hydrogen-bond donors (Lipinski definition) is 1. The smallest absolute Gasteiger partial charge is 0.156 e. The largest absolute Gasteiger partial charge is 0.305 e. The highest BCUT2D eigenvalue weighted by molar-refractivity contribution is 9.10. The molecule has 1 aromatic carbocycles. The fourth-order valence-corrected chi connectivity index (χ4v) is 1.53. The predicted molar refractivity (Wildman–Crippen MR) is 53.0 cm³/mol. The number of nitrogens with one attached hydrogen (secondary N) is 1. The van der Waals surface area contributed by atoms with Gasteiger partial charge >= 0.3 is 0 Å². The molecule has 0 unspecified atom stereocenters. The van der Waals surface area contributed by atoms with Gasteiger partial charge in [0.05, 0.1) is 16.6 Å². The van der Waals surface area contributed by atoms with Crippen LogP contribution in [0.1, 0.15) is 5.56 Å². The summed E-state index contributed by atoms with van der Waals surface area (Å²) in [5.41, 5.74) is 3.24. The van der Waals surface area contributed by atoms with Crippen LogP contribution in [-0.2, 0) is 11.4 Å². The number of hydrogen-bond acceptors (Lipinski definition) is 2. The van der Waals surface area contributed by atoms with Gasteiger partial charge in [-0.25, -0.2) is 4.39 Å². The molecule has 13 heavy (non-hydrogen) atoms. The van der Waals surface area contributed by atoms with E-state index >= 15 is 0 Å². The molecule has 0 fully saturated rings. The van der Waals surface area contributed by atoms with Crippen molar-refractivity contribution in [1.82, 2.24) is 5.48 Å². The Morgan fingerprint density at radius 3 is 2.92 bits per heavy atom. The van der Waals surface area contributed by atoms with E-state index in [9.17, 15) is 4.39 Å². The van der Waals surface area contributed by atoms with E-state index in [1.807, 2.05) is 0 Å². The number of rotatable bonds is 3. The zero-order valence-corrected chi connectivity index (χ0v) is 9.25. The van der Waals surface area contributed by atoms with Gasteiger partial charge in [0.2, 0.25) is 0 Å². The minimum Gasteiger partial charge on any atom is -0.305 e. The second-order valence-corrected chi connectivity index (χ2v) is 3.59. The van der Waals surface area contributed by atoms with Crippen LogP contribution in [0.5, 0.6) is 0 Å². The van der Waals surface area contributed by atoms with Crippen LogP contribution in [0.15, 0.2) is 16.6 Å². The summed E-state index contributed by atoms with van der Waals surface area (Å²) in [6, 6.07) is 3.33. The highest BCUT2D eigenvalue weighted by atomic mass is 79.9.